The first kappa shape index (κ1) is 11.3. The monoisotopic (exact) mass is 374 g/mol. The molecule has 1 heterocycles. The van der Waals surface area contributed by atoms with E-state index in [0.717, 1.165) is 13.2 Å². The summed E-state index contributed by atoms with van der Waals surface area (Å²) < 4.78 is 12.5. The highest BCUT2D eigenvalue weighted by molar-refractivity contribution is 9.25. The fourth-order valence-electron chi connectivity index (χ4n) is 5.89. The van der Waals surface area contributed by atoms with Crippen LogP contribution in [-0.2, 0) is 9.47 Å². The summed E-state index contributed by atoms with van der Waals surface area (Å²) in [4.78, 5) is 0. The maximum Gasteiger partial charge on any atom is 0.200 e. The number of fused-ring (bicyclic) bond motifs is 1. The summed E-state index contributed by atoms with van der Waals surface area (Å²) in [6.07, 6.45) is 7.55. The Morgan fingerprint density at radius 2 is 1.61 bits per heavy atom. The van der Waals surface area contributed by atoms with E-state index in [2.05, 4.69) is 31.9 Å². The third-order valence-electron chi connectivity index (χ3n) is 6.23. The molecule has 0 bridgehead atoms. The number of allylic oxidation sites excluding steroid dienone is 1. The van der Waals surface area contributed by atoms with E-state index < -0.39 is 0 Å². The zero-order valence-electron chi connectivity index (χ0n) is 10.2. The van der Waals surface area contributed by atoms with Crippen LogP contribution < -0.4 is 0 Å². The predicted molar refractivity (Wildman–Crippen MR) is 74.8 cm³/mol. The zero-order chi connectivity index (χ0) is 12.2. The van der Waals surface area contributed by atoms with Crippen molar-refractivity contribution in [1.82, 2.24) is 0 Å². The second kappa shape index (κ2) is 2.95. The van der Waals surface area contributed by atoms with E-state index in [0.29, 0.717) is 0 Å². The molecule has 0 radical (unpaired) electrons. The van der Waals surface area contributed by atoms with Gasteiger partial charge in [0.05, 0.1) is 18.6 Å². The molecule has 0 aromatic heterocycles. The highest BCUT2D eigenvalue weighted by Crippen LogP contribution is 2.97. The van der Waals surface area contributed by atoms with Gasteiger partial charge in [0.1, 0.15) is 3.23 Å². The van der Waals surface area contributed by atoms with E-state index in [1.165, 1.54) is 44.1 Å². The van der Waals surface area contributed by atoms with Crippen molar-refractivity contribution < 1.29 is 9.47 Å². The van der Waals surface area contributed by atoms with E-state index in [1.54, 1.807) is 5.57 Å². The second-order valence-electron chi connectivity index (χ2n) is 6.36. The number of rotatable bonds is 0. The average Bonchev–Trinajstić information content (AvgIpc) is 2.99. The van der Waals surface area contributed by atoms with Crippen molar-refractivity contribution in [1.29, 1.82) is 0 Å². The Balaban J connectivity index is 1.82. The molecule has 5 rings (SSSR count). The molecule has 3 fully saturated rings. The minimum atomic E-state index is -0.387. The standard InChI is InChI=1S/C14H16Br2O2/c15-14(16)11-5-2-6-12(11,14)13(17-7-8-18-13)10-4-1-3-9(10)11/h1-8H2. The summed E-state index contributed by atoms with van der Waals surface area (Å²) in [5, 5.41) is 0. The second-order valence-corrected chi connectivity index (χ2v) is 9.81. The Bertz CT molecular complexity index is 492. The van der Waals surface area contributed by atoms with Crippen LogP contribution in [0.3, 0.4) is 0 Å². The molecule has 2 nitrogen and oxygen atoms in total. The van der Waals surface area contributed by atoms with Gasteiger partial charge >= 0.3 is 0 Å². The predicted octanol–water partition coefficient (Wildman–Crippen LogP) is 3.88. The molecular weight excluding hydrogens is 360 g/mol. The molecule has 4 aliphatic carbocycles. The molecule has 2 atom stereocenters. The third kappa shape index (κ3) is 0.748. The summed E-state index contributed by atoms with van der Waals surface area (Å²) in [6.45, 7) is 1.51. The molecule has 4 heteroatoms. The van der Waals surface area contributed by atoms with Gasteiger partial charge in [-0.05, 0) is 37.7 Å². The molecule has 0 N–H and O–H groups in total. The van der Waals surface area contributed by atoms with Crippen molar-refractivity contribution >= 4 is 31.9 Å². The molecule has 5 aliphatic rings. The largest absolute Gasteiger partial charge is 0.343 e. The maximum absolute atomic E-state index is 6.26. The Hall–Kier alpha value is 0.620. The zero-order valence-corrected chi connectivity index (χ0v) is 13.4. The van der Waals surface area contributed by atoms with E-state index in [9.17, 15) is 0 Å². The van der Waals surface area contributed by atoms with Crippen LogP contribution in [0.4, 0.5) is 0 Å². The first-order valence-corrected chi connectivity index (χ1v) is 8.61. The molecule has 1 spiro atoms. The van der Waals surface area contributed by atoms with Gasteiger partial charge in [-0.1, -0.05) is 43.9 Å². The van der Waals surface area contributed by atoms with Gasteiger partial charge in [-0.2, -0.15) is 0 Å². The van der Waals surface area contributed by atoms with E-state index >= 15 is 0 Å². The third-order valence-corrected chi connectivity index (χ3v) is 8.94. The summed E-state index contributed by atoms with van der Waals surface area (Å²) in [5.74, 6) is -0.387. The molecule has 0 aromatic rings. The van der Waals surface area contributed by atoms with Gasteiger partial charge < -0.3 is 9.47 Å². The average molecular weight is 376 g/mol. The van der Waals surface area contributed by atoms with Crippen molar-refractivity contribution in [2.45, 2.75) is 47.5 Å². The Morgan fingerprint density at radius 1 is 0.889 bits per heavy atom. The van der Waals surface area contributed by atoms with Gasteiger partial charge in [-0.3, -0.25) is 0 Å². The SMILES string of the molecule is BrC1(Br)C23CCCC12C1(OCCO1)C1=C3CCC1. The van der Waals surface area contributed by atoms with Crippen molar-refractivity contribution in [2.75, 3.05) is 13.2 Å². The lowest BCUT2D eigenvalue weighted by atomic mass is 9.88. The van der Waals surface area contributed by atoms with Crippen LogP contribution in [0.25, 0.3) is 0 Å². The minimum absolute atomic E-state index is 0.0196. The lowest BCUT2D eigenvalue weighted by Gasteiger charge is -2.37. The maximum atomic E-state index is 6.26. The van der Waals surface area contributed by atoms with Crippen LogP contribution in [0.1, 0.15) is 38.5 Å². The number of hydrogen-bond donors (Lipinski definition) is 0. The molecule has 18 heavy (non-hydrogen) atoms. The molecule has 1 aliphatic heterocycles. The molecule has 2 unspecified atom stereocenters. The minimum Gasteiger partial charge on any atom is -0.343 e. The number of halogens is 2. The molecule has 98 valence electrons. The molecule has 2 saturated carbocycles. The lowest BCUT2D eigenvalue weighted by molar-refractivity contribution is -0.176. The van der Waals surface area contributed by atoms with Crippen LogP contribution in [0.15, 0.2) is 11.1 Å². The van der Waals surface area contributed by atoms with Gasteiger partial charge in [0.15, 0.2) is 5.79 Å². The highest BCUT2D eigenvalue weighted by atomic mass is 79.9. The van der Waals surface area contributed by atoms with E-state index in [4.69, 9.17) is 9.47 Å². The van der Waals surface area contributed by atoms with Gasteiger partial charge in [0.2, 0.25) is 0 Å². The first-order valence-electron chi connectivity index (χ1n) is 7.03. The number of ether oxygens (including phenoxy) is 2. The Labute approximate surface area is 124 Å². The highest BCUT2D eigenvalue weighted by Gasteiger charge is 2.98. The first-order chi connectivity index (χ1) is 8.64. The van der Waals surface area contributed by atoms with Crippen molar-refractivity contribution in [3.63, 3.8) is 0 Å². The van der Waals surface area contributed by atoms with Crippen LogP contribution in [-0.4, -0.2) is 22.2 Å². The summed E-state index contributed by atoms with van der Waals surface area (Å²) in [6, 6.07) is 0. The molecule has 0 aromatic carbocycles. The molecule has 1 saturated heterocycles. The summed E-state index contributed by atoms with van der Waals surface area (Å²) in [5.41, 5.74) is 3.62. The van der Waals surface area contributed by atoms with E-state index in [-0.39, 0.29) is 19.9 Å². The number of hydrogen-bond acceptors (Lipinski definition) is 2. The normalized spacial score (nSPS) is 49.7. The van der Waals surface area contributed by atoms with Crippen molar-refractivity contribution in [3.8, 4) is 0 Å². The quantitative estimate of drug-likeness (QED) is 0.472. The van der Waals surface area contributed by atoms with E-state index in [1.807, 2.05) is 0 Å². The van der Waals surface area contributed by atoms with Gasteiger partial charge in [0.25, 0.3) is 0 Å². The van der Waals surface area contributed by atoms with Crippen molar-refractivity contribution in [2.24, 2.45) is 10.8 Å². The van der Waals surface area contributed by atoms with Gasteiger partial charge in [-0.25, -0.2) is 0 Å². The van der Waals surface area contributed by atoms with Crippen LogP contribution >= 0.6 is 31.9 Å². The summed E-state index contributed by atoms with van der Waals surface area (Å²) in [7, 11) is 0. The summed E-state index contributed by atoms with van der Waals surface area (Å²) >= 11 is 8.00. The number of alkyl halides is 2. The topological polar surface area (TPSA) is 18.5 Å². The van der Waals surface area contributed by atoms with Gasteiger partial charge in [0, 0.05) is 5.41 Å². The van der Waals surface area contributed by atoms with Gasteiger partial charge in [-0.15, -0.1) is 0 Å². The van der Waals surface area contributed by atoms with Crippen LogP contribution in [0.5, 0.6) is 0 Å². The molecule has 0 amide bonds. The van der Waals surface area contributed by atoms with Crippen LogP contribution in [0, 0.1) is 10.8 Å². The van der Waals surface area contributed by atoms with Crippen LogP contribution in [0.2, 0.25) is 0 Å². The lowest BCUT2D eigenvalue weighted by Crippen LogP contribution is -2.44. The Kier molecular flexibility index (Phi) is 1.85. The molecular formula is C14H16Br2O2. The Morgan fingerprint density at radius 3 is 2.39 bits per heavy atom. The van der Waals surface area contributed by atoms with Crippen molar-refractivity contribution in [3.05, 3.63) is 11.1 Å². The smallest absolute Gasteiger partial charge is 0.200 e. The fraction of sp³-hybridized carbons (Fsp3) is 0.857. The fourth-order valence-corrected chi connectivity index (χ4v) is 8.84.